The number of alkyl halides is 1. The number of ether oxygens (including phenoxy) is 2. The van der Waals surface area contributed by atoms with Crippen molar-refractivity contribution >= 4 is 43.6 Å². The fraction of sp³-hybridized carbons (Fsp3) is 0.500. The van der Waals surface area contributed by atoms with E-state index in [4.69, 9.17) is 9.47 Å². The number of methoxy groups -OCH3 is 1. The molecule has 0 fully saturated rings. The zero-order chi connectivity index (χ0) is 25.6. The maximum absolute atomic E-state index is 13.5. The van der Waals surface area contributed by atoms with Gasteiger partial charge in [-0.2, -0.15) is 9.40 Å². The van der Waals surface area contributed by atoms with E-state index < -0.39 is 10.0 Å². The predicted octanol–water partition coefficient (Wildman–Crippen LogP) is 2.07. The van der Waals surface area contributed by atoms with Gasteiger partial charge in [0.2, 0.25) is 10.0 Å². The normalized spacial score (nSPS) is 12.1. The van der Waals surface area contributed by atoms with Crippen LogP contribution in [-0.4, -0.2) is 75.6 Å². The van der Waals surface area contributed by atoms with Crippen molar-refractivity contribution in [3.8, 4) is 17.1 Å². The molecule has 0 aliphatic carbocycles. The van der Waals surface area contributed by atoms with Crippen LogP contribution in [0.5, 0.6) is 5.75 Å². The molecule has 35 heavy (non-hydrogen) atoms. The lowest BCUT2D eigenvalue weighted by atomic mass is 10.1. The maximum Gasteiger partial charge on any atom is 0.277 e. The first-order chi connectivity index (χ1) is 16.8. The van der Waals surface area contributed by atoms with Crippen molar-refractivity contribution in [2.45, 2.75) is 31.1 Å². The van der Waals surface area contributed by atoms with Gasteiger partial charge in [0, 0.05) is 33.9 Å². The van der Waals surface area contributed by atoms with E-state index >= 15 is 0 Å². The molecule has 0 spiro atoms. The van der Waals surface area contributed by atoms with Crippen LogP contribution in [0.25, 0.3) is 22.4 Å². The minimum Gasteiger partial charge on any atom is -0.483 e. The fourth-order valence-corrected chi connectivity index (χ4v) is 5.59. The van der Waals surface area contributed by atoms with Crippen molar-refractivity contribution in [3.63, 3.8) is 0 Å². The average molecular weight is 619 g/mol. The third-order valence-corrected chi connectivity index (χ3v) is 7.62. The van der Waals surface area contributed by atoms with Crippen LogP contribution < -0.4 is 10.3 Å². The van der Waals surface area contributed by atoms with Crippen molar-refractivity contribution in [2.75, 3.05) is 38.0 Å². The van der Waals surface area contributed by atoms with Crippen LogP contribution in [0.3, 0.4) is 0 Å². The standard InChI is InChI=1S/C22H30IN5O6S/c1-4-6-17-19-20(27(2)26-17)22(30)25-21(24-19)16-13-15(7-8-18(16)34-14-23)35(31,32)28(9-5-11-29)10-12-33-3/h7-8,13,29H,4-6,9-12,14H2,1-3H3,(H,24,25,30). The lowest BCUT2D eigenvalue weighted by molar-refractivity contribution is 0.175. The molecule has 0 radical (unpaired) electrons. The molecular weight excluding hydrogens is 589 g/mol. The number of nitrogens with zero attached hydrogens (tertiary/aromatic N) is 4. The summed E-state index contributed by atoms with van der Waals surface area (Å²) in [5.41, 5.74) is 1.51. The van der Waals surface area contributed by atoms with E-state index in [0.717, 1.165) is 6.42 Å². The topological polar surface area (TPSA) is 140 Å². The highest BCUT2D eigenvalue weighted by Gasteiger charge is 2.26. The number of aliphatic hydroxyl groups excluding tert-OH is 1. The number of aryl methyl sites for hydroxylation is 2. The summed E-state index contributed by atoms with van der Waals surface area (Å²) >= 11 is 2.04. The molecule has 11 nitrogen and oxygen atoms in total. The number of fused-ring (bicyclic) bond motifs is 1. The zero-order valence-corrected chi connectivity index (χ0v) is 22.9. The number of rotatable bonds is 13. The van der Waals surface area contributed by atoms with E-state index in [1.807, 2.05) is 29.5 Å². The molecule has 0 aliphatic heterocycles. The van der Waals surface area contributed by atoms with Crippen molar-refractivity contribution in [1.29, 1.82) is 0 Å². The number of halogens is 1. The summed E-state index contributed by atoms with van der Waals surface area (Å²) in [6, 6.07) is 4.47. The van der Waals surface area contributed by atoms with Crippen LogP contribution in [0.15, 0.2) is 27.9 Å². The van der Waals surface area contributed by atoms with Gasteiger partial charge in [-0.25, -0.2) is 13.4 Å². The Kier molecular flexibility index (Phi) is 9.63. The number of aromatic amines is 1. The second kappa shape index (κ2) is 12.3. The molecule has 0 saturated heterocycles. The van der Waals surface area contributed by atoms with Crippen LogP contribution >= 0.6 is 22.6 Å². The number of sulfonamides is 1. The Morgan fingerprint density at radius 1 is 1.29 bits per heavy atom. The van der Waals surface area contributed by atoms with Crippen molar-refractivity contribution in [3.05, 3.63) is 34.2 Å². The average Bonchev–Trinajstić information content (AvgIpc) is 3.15. The Hall–Kier alpha value is -2.07. The van der Waals surface area contributed by atoms with E-state index in [1.165, 1.54) is 28.2 Å². The largest absolute Gasteiger partial charge is 0.483 e. The van der Waals surface area contributed by atoms with Crippen molar-refractivity contribution < 1.29 is 23.0 Å². The molecule has 0 aliphatic rings. The molecule has 0 bridgehead atoms. The Morgan fingerprint density at radius 2 is 2.06 bits per heavy atom. The van der Waals surface area contributed by atoms with E-state index in [-0.39, 0.29) is 42.6 Å². The monoisotopic (exact) mass is 619 g/mol. The molecule has 0 atom stereocenters. The molecule has 2 N–H and O–H groups in total. The highest BCUT2D eigenvalue weighted by molar-refractivity contribution is 14.1. The highest BCUT2D eigenvalue weighted by atomic mass is 127. The van der Waals surface area contributed by atoms with Crippen LogP contribution in [0.1, 0.15) is 25.5 Å². The van der Waals surface area contributed by atoms with Gasteiger partial charge in [0.05, 0.1) is 22.8 Å². The Bertz CT molecular complexity index is 1320. The molecule has 192 valence electrons. The summed E-state index contributed by atoms with van der Waals surface area (Å²) in [7, 11) is -0.739. The second-order valence-electron chi connectivity index (χ2n) is 7.82. The fourth-order valence-electron chi connectivity index (χ4n) is 3.76. The van der Waals surface area contributed by atoms with Crippen molar-refractivity contribution in [1.82, 2.24) is 24.1 Å². The van der Waals surface area contributed by atoms with Crippen LogP contribution in [0.4, 0.5) is 0 Å². The second-order valence-corrected chi connectivity index (χ2v) is 10.4. The molecule has 2 aromatic heterocycles. The predicted molar refractivity (Wildman–Crippen MR) is 140 cm³/mol. The summed E-state index contributed by atoms with van der Waals surface area (Å²) < 4.78 is 40.8. The molecule has 0 saturated carbocycles. The van der Waals surface area contributed by atoms with Crippen molar-refractivity contribution in [2.24, 2.45) is 7.05 Å². The van der Waals surface area contributed by atoms with Gasteiger partial charge in [-0.15, -0.1) is 0 Å². The Morgan fingerprint density at radius 3 is 2.71 bits per heavy atom. The summed E-state index contributed by atoms with van der Waals surface area (Å²) in [5, 5.41) is 13.7. The number of hydrogen-bond acceptors (Lipinski definition) is 8. The number of aliphatic hydroxyl groups is 1. The quantitative estimate of drug-likeness (QED) is 0.219. The van der Waals surface area contributed by atoms with E-state index in [9.17, 15) is 18.3 Å². The molecule has 2 heterocycles. The summed E-state index contributed by atoms with van der Waals surface area (Å²) in [5.74, 6) is 0.587. The first kappa shape index (κ1) is 27.5. The third kappa shape index (κ3) is 6.02. The number of H-pyrrole nitrogens is 1. The van der Waals surface area contributed by atoms with Crippen LogP contribution in [-0.2, 0) is 28.2 Å². The number of aromatic nitrogens is 4. The molecule has 3 rings (SSSR count). The lowest BCUT2D eigenvalue weighted by Gasteiger charge is -2.22. The number of benzene rings is 1. The van der Waals surface area contributed by atoms with Gasteiger partial charge < -0.3 is 19.6 Å². The Balaban J connectivity index is 2.17. The Labute approximate surface area is 217 Å². The molecule has 1 aromatic carbocycles. The smallest absolute Gasteiger partial charge is 0.277 e. The zero-order valence-electron chi connectivity index (χ0n) is 20.0. The number of hydrogen-bond donors (Lipinski definition) is 2. The van der Waals surface area contributed by atoms with E-state index in [0.29, 0.717) is 45.5 Å². The third-order valence-electron chi connectivity index (χ3n) is 5.41. The van der Waals surface area contributed by atoms with Gasteiger partial charge in [0.15, 0.2) is 5.52 Å². The van der Waals surface area contributed by atoms with Gasteiger partial charge in [-0.3, -0.25) is 9.48 Å². The van der Waals surface area contributed by atoms with Crippen LogP contribution in [0.2, 0.25) is 0 Å². The van der Waals surface area contributed by atoms with Gasteiger partial charge in [-0.1, -0.05) is 13.3 Å². The summed E-state index contributed by atoms with van der Waals surface area (Å²) in [6.07, 6.45) is 1.77. The summed E-state index contributed by atoms with van der Waals surface area (Å²) in [4.78, 5) is 20.4. The van der Waals surface area contributed by atoms with E-state index in [2.05, 4.69) is 15.1 Å². The first-order valence-electron chi connectivity index (χ1n) is 11.2. The number of nitrogens with one attached hydrogen (secondary N) is 1. The van der Waals surface area contributed by atoms with Gasteiger partial charge >= 0.3 is 0 Å². The summed E-state index contributed by atoms with van der Waals surface area (Å²) in [6.45, 7) is 2.36. The van der Waals surface area contributed by atoms with Crippen LogP contribution in [0, 0.1) is 0 Å². The van der Waals surface area contributed by atoms with Gasteiger partial charge in [0.25, 0.3) is 5.56 Å². The molecule has 3 aromatic rings. The molecule has 0 amide bonds. The first-order valence-corrected chi connectivity index (χ1v) is 14.1. The molecule has 13 heteroatoms. The minimum atomic E-state index is -3.92. The minimum absolute atomic E-state index is 0.0186. The highest BCUT2D eigenvalue weighted by Crippen LogP contribution is 2.32. The lowest BCUT2D eigenvalue weighted by Crippen LogP contribution is -2.35. The molecular formula is C22H30IN5O6S. The molecule has 0 unspecified atom stereocenters. The van der Waals surface area contributed by atoms with E-state index in [1.54, 1.807) is 13.1 Å². The maximum atomic E-state index is 13.5. The van der Waals surface area contributed by atoms with Gasteiger partial charge in [0.1, 0.15) is 21.7 Å². The van der Waals surface area contributed by atoms with Gasteiger partial charge in [-0.05, 0) is 53.6 Å². The SMILES string of the molecule is CCCc1nn(C)c2c(=O)[nH]c(-c3cc(S(=O)(=O)N(CCCO)CCOC)ccc3OCI)nc12.